The van der Waals surface area contributed by atoms with Crippen LogP contribution in [0.1, 0.15) is 10.6 Å². The van der Waals surface area contributed by atoms with Crippen molar-refractivity contribution < 1.29 is 18.7 Å². The summed E-state index contributed by atoms with van der Waals surface area (Å²) in [6.07, 6.45) is 0. The number of carbonyl (C=O) groups excluding carboxylic acids is 1. The van der Waals surface area contributed by atoms with Gasteiger partial charge in [-0.1, -0.05) is 0 Å². The Hall–Kier alpha value is -2.34. The van der Waals surface area contributed by atoms with E-state index in [9.17, 15) is 9.59 Å². The molecule has 0 fully saturated rings. The van der Waals surface area contributed by atoms with Crippen LogP contribution in [0.25, 0.3) is 10.8 Å². The summed E-state index contributed by atoms with van der Waals surface area (Å²) >= 11 is 0. The fourth-order valence-corrected chi connectivity index (χ4v) is 1.76. The summed E-state index contributed by atoms with van der Waals surface area (Å²) in [4.78, 5) is 23.7. The number of rotatable bonds is 5. The molecule has 6 heteroatoms. The number of methoxy groups -OCH3 is 2. The molecule has 0 aliphatic carbocycles. The van der Waals surface area contributed by atoms with Crippen LogP contribution in [0.5, 0.6) is 5.75 Å². The van der Waals surface area contributed by atoms with Gasteiger partial charge in [-0.25, -0.2) is 4.79 Å². The van der Waals surface area contributed by atoms with Gasteiger partial charge in [-0.3, -0.25) is 4.79 Å². The molecule has 0 spiro atoms. The van der Waals surface area contributed by atoms with Crippen LogP contribution in [0.3, 0.4) is 0 Å². The quantitative estimate of drug-likeness (QED) is 0.830. The first-order valence-electron chi connectivity index (χ1n) is 6.04. The lowest BCUT2D eigenvalue weighted by Crippen LogP contribution is -2.27. The maximum atomic E-state index is 11.8. The Morgan fingerprint density at radius 1 is 1.30 bits per heavy atom. The van der Waals surface area contributed by atoms with Crippen molar-refractivity contribution in [2.75, 3.05) is 27.4 Å². The van der Waals surface area contributed by atoms with Gasteiger partial charge in [-0.05, 0) is 29.7 Å². The summed E-state index contributed by atoms with van der Waals surface area (Å²) in [6, 6.07) is 6.46. The Labute approximate surface area is 115 Å². The van der Waals surface area contributed by atoms with Gasteiger partial charge in [-0.15, -0.1) is 0 Å². The highest BCUT2D eigenvalue weighted by Crippen LogP contribution is 2.19. The first kappa shape index (κ1) is 14.1. The third-order valence-corrected chi connectivity index (χ3v) is 2.78. The van der Waals surface area contributed by atoms with Gasteiger partial charge in [0.2, 0.25) is 0 Å². The molecule has 0 aliphatic heterocycles. The second kappa shape index (κ2) is 6.21. The molecule has 0 atom stereocenters. The van der Waals surface area contributed by atoms with E-state index < -0.39 is 11.5 Å². The molecule has 0 unspecified atom stereocenters. The highest BCUT2D eigenvalue weighted by Gasteiger charge is 2.12. The molecule has 1 aromatic heterocycles. The first-order chi connectivity index (χ1) is 9.65. The van der Waals surface area contributed by atoms with Gasteiger partial charge in [0.15, 0.2) is 5.76 Å². The van der Waals surface area contributed by atoms with Gasteiger partial charge in [0.1, 0.15) is 5.75 Å². The number of fused-ring (bicyclic) bond motifs is 1. The summed E-state index contributed by atoms with van der Waals surface area (Å²) in [7, 11) is 3.07. The summed E-state index contributed by atoms with van der Waals surface area (Å²) < 4.78 is 14.9. The second-order valence-electron chi connectivity index (χ2n) is 4.10. The van der Waals surface area contributed by atoms with Crippen LogP contribution >= 0.6 is 0 Å². The number of carbonyl (C=O) groups is 1. The molecule has 0 bridgehead atoms. The molecule has 0 saturated heterocycles. The van der Waals surface area contributed by atoms with E-state index in [0.29, 0.717) is 29.7 Å². The van der Waals surface area contributed by atoms with Crippen molar-refractivity contribution >= 4 is 16.7 Å². The lowest BCUT2D eigenvalue weighted by Gasteiger charge is -2.05. The van der Waals surface area contributed by atoms with Crippen LogP contribution in [0.4, 0.5) is 0 Å². The smallest absolute Gasteiger partial charge is 0.344 e. The Morgan fingerprint density at radius 2 is 2.10 bits per heavy atom. The van der Waals surface area contributed by atoms with Crippen molar-refractivity contribution in [3.8, 4) is 5.75 Å². The molecule has 1 heterocycles. The standard InChI is InChI=1S/C14H15NO5/c1-18-6-5-15-13(16)12-8-9-7-10(19-2)3-4-11(9)14(17)20-12/h3-4,7-8H,5-6H2,1-2H3,(H,15,16). The molecule has 6 nitrogen and oxygen atoms in total. The minimum Gasteiger partial charge on any atom is -0.497 e. The third-order valence-electron chi connectivity index (χ3n) is 2.78. The Morgan fingerprint density at radius 3 is 2.80 bits per heavy atom. The van der Waals surface area contributed by atoms with Crippen molar-refractivity contribution in [2.45, 2.75) is 0 Å². The SMILES string of the molecule is COCCNC(=O)c1cc2cc(OC)ccc2c(=O)o1. The topological polar surface area (TPSA) is 77.8 Å². The molecule has 1 amide bonds. The summed E-state index contributed by atoms with van der Waals surface area (Å²) in [5.41, 5.74) is -0.554. The van der Waals surface area contributed by atoms with Crippen LogP contribution in [0, 0.1) is 0 Å². The largest absolute Gasteiger partial charge is 0.497 e. The van der Waals surface area contributed by atoms with Crippen LogP contribution in [0.15, 0.2) is 33.5 Å². The van der Waals surface area contributed by atoms with Crippen molar-refractivity contribution in [1.29, 1.82) is 0 Å². The molecule has 20 heavy (non-hydrogen) atoms. The van der Waals surface area contributed by atoms with Gasteiger partial charge in [0, 0.05) is 13.7 Å². The van der Waals surface area contributed by atoms with E-state index in [1.165, 1.54) is 20.3 Å². The predicted molar refractivity (Wildman–Crippen MR) is 73.2 cm³/mol. The van der Waals surface area contributed by atoms with Gasteiger partial charge in [0.05, 0.1) is 19.1 Å². The maximum absolute atomic E-state index is 11.8. The Kier molecular flexibility index (Phi) is 4.37. The minimum atomic E-state index is -0.554. The van der Waals surface area contributed by atoms with Gasteiger partial charge >= 0.3 is 5.63 Å². The highest BCUT2D eigenvalue weighted by molar-refractivity contribution is 5.95. The summed E-state index contributed by atoms with van der Waals surface area (Å²) in [6.45, 7) is 0.729. The number of benzene rings is 1. The maximum Gasteiger partial charge on any atom is 0.344 e. The van der Waals surface area contributed by atoms with Crippen molar-refractivity contribution in [3.05, 3.63) is 40.4 Å². The zero-order valence-electron chi connectivity index (χ0n) is 11.3. The monoisotopic (exact) mass is 277 g/mol. The van der Waals surface area contributed by atoms with E-state index in [1.807, 2.05) is 0 Å². The number of hydrogen-bond acceptors (Lipinski definition) is 5. The number of nitrogens with one attached hydrogen (secondary N) is 1. The van der Waals surface area contributed by atoms with Gasteiger partial charge in [0.25, 0.3) is 5.91 Å². The second-order valence-corrected chi connectivity index (χ2v) is 4.10. The lowest BCUT2D eigenvalue weighted by atomic mass is 10.1. The van der Waals surface area contributed by atoms with Crippen LogP contribution < -0.4 is 15.7 Å². The zero-order valence-corrected chi connectivity index (χ0v) is 11.3. The van der Waals surface area contributed by atoms with Crippen molar-refractivity contribution in [2.24, 2.45) is 0 Å². The van der Waals surface area contributed by atoms with E-state index in [1.54, 1.807) is 18.2 Å². The fraction of sp³-hybridized carbons (Fsp3) is 0.286. The number of hydrogen-bond donors (Lipinski definition) is 1. The van der Waals surface area contributed by atoms with E-state index in [2.05, 4.69) is 5.32 Å². The Balaban J connectivity index is 2.35. The molecule has 1 aromatic carbocycles. The van der Waals surface area contributed by atoms with Crippen molar-refractivity contribution in [3.63, 3.8) is 0 Å². The van der Waals surface area contributed by atoms with Crippen molar-refractivity contribution in [1.82, 2.24) is 5.32 Å². The van der Waals surface area contributed by atoms with E-state index in [-0.39, 0.29) is 5.76 Å². The molecular weight excluding hydrogens is 262 g/mol. The average molecular weight is 277 g/mol. The lowest BCUT2D eigenvalue weighted by molar-refractivity contribution is 0.0905. The number of amides is 1. The molecule has 106 valence electrons. The average Bonchev–Trinajstić information content (AvgIpc) is 2.46. The molecule has 2 aromatic rings. The molecule has 2 rings (SSSR count). The highest BCUT2D eigenvalue weighted by atomic mass is 16.5. The van der Waals surface area contributed by atoms with Crippen LogP contribution in [-0.2, 0) is 4.74 Å². The summed E-state index contributed by atoms with van der Waals surface area (Å²) in [5, 5.41) is 3.59. The Bertz CT molecular complexity index is 677. The van der Waals surface area contributed by atoms with Crippen LogP contribution in [-0.4, -0.2) is 33.3 Å². The third kappa shape index (κ3) is 2.97. The normalized spacial score (nSPS) is 10.5. The number of ether oxygens (including phenoxy) is 2. The zero-order chi connectivity index (χ0) is 14.5. The summed E-state index contributed by atoms with van der Waals surface area (Å²) in [5.74, 6) is 0.115. The van der Waals surface area contributed by atoms with Gasteiger partial charge in [-0.2, -0.15) is 0 Å². The fourth-order valence-electron chi connectivity index (χ4n) is 1.76. The predicted octanol–water partition coefficient (Wildman–Crippen LogP) is 1.18. The van der Waals surface area contributed by atoms with Gasteiger partial charge < -0.3 is 19.2 Å². The van der Waals surface area contributed by atoms with Crippen LogP contribution in [0.2, 0.25) is 0 Å². The molecule has 1 N–H and O–H groups in total. The molecule has 0 aliphatic rings. The molecule has 0 saturated carbocycles. The van der Waals surface area contributed by atoms with E-state index >= 15 is 0 Å². The first-order valence-corrected chi connectivity index (χ1v) is 6.04. The molecular formula is C14H15NO5. The molecule has 0 radical (unpaired) electrons. The van der Waals surface area contributed by atoms with E-state index in [0.717, 1.165) is 0 Å². The minimum absolute atomic E-state index is 0.0353. The van der Waals surface area contributed by atoms with E-state index in [4.69, 9.17) is 13.9 Å².